The minimum atomic E-state index is -0.820. The van der Waals surface area contributed by atoms with Crippen LogP contribution in [0.1, 0.15) is 0 Å². The zero-order valence-corrected chi connectivity index (χ0v) is 8.74. The maximum atomic E-state index is 13.3. The summed E-state index contributed by atoms with van der Waals surface area (Å²) in [5.74, 6) is -1.64. The Hall–Kier alpha value is -2.41. The fraction of sp³-hybridized carbons (Fsp3) is 0. The molecule has 2 rings (SSSR count). The van der Waals surface area contributed by atoms with Crippen molar-refractivity contribution >= 4 is 11.4 Å². The molecule has 0 unspecified atom stereocenters. The van der Waals surface area contributed by atoms with Crippen LogP contribution in [0, 0.1) is 18.2 Å². The van der Waals surface area contributed by atoms with Crippen LogP contribution in [0.15, 0.2) is 36.4 Å². The molecule has 0 saturated heterocycles. The molecule has 0 fully saturated rings. The number of para-hydroxylation sites is 1. The van der Waals surface area contributed by atoms with Crippen molar-refractivity contribution in [1.29, 1.82) is 0 Å². The van der Waals surface area contributed by atoms with Gasteiger partial charge in [0.2, 0.25) is 0 Å². The van der Waals surface area contributed by atoms with Crippen LogP contribution in [0.3, 0.4) is 0 Å². The van der Waals surface area contributed by atoms with Gasteiger partial charge in [-0.05, 0) is 23.3 Å². The molecule has 2 aromatic carbocycles. The van der Waals surface area contributed by atoms with Crippen LogP contribution in [0.2, 0.25) is 0 Å². The highest BCUT2D eigenvalue weighted by Gasteiger charge is 2.11. The first kappa shape index (κ1) is 11.1. The Labute approximate surface area is 97.1 Å². The number of anilines is 1. The summed E-state index contributed by atoms with van der Waals surface area (Å²) in [6.45, 7) is 7.00. The van der Waals surface area contributed by atoms with E-state index in [1.165, 1.54) is 0 Å². The van der Waals surface area contributed by atoms with E-state index in [1.54, 1.807) is 24.3 Å². The van der Waals surface area contributed by atoms with E-state index in [-0.39, 0.29) is 0 Å². The molecule has 2 aromatic rings. The standard InChI is InChI=1S/C13H8F2N2/c1-17-12-5-3-2-4-9(12)8-6-10(14)13(16)11(15)7-8/h2-7H,16H2. The lowest BCUT2D eigenvalue weighted by Crippen LogP contribution is -1.96. The average molecular weight is 230 g/mol. The molecular formula is C13H8F2N2. The van der Waals surface area contributed by atoms with Gasteiger partial charge in [0.1, 0.15) is 17.3 Å². The zero-order chi connectivity index (χ0) is 12.4. The fourth-order valence-electron chi connectivity index (χ4n) is 1.56. The van der Waals surface area contributed by atoms with Crippen LogP contribution in [0.25, 0.3) is 16.0 Å². The SMILES string of the molecule is [C-]#[N+]c1ccccc1-c1cc(F)c(N)c(F)c1. The van der Waals surface area contributed by atoms with E-state index in [2.05, 4.69) is 4.85 Å². The van der Waals surface area contributed by atoms with Gasteiger partial charge in [0, 0.05) is 0 Å². The highest BCUT2D eigenvalue weighted by molar-refractivity contribution is 5.79. The minimum absolute atomic E-state index is 0.306. The second-order valence-corrected chi connectivity index (χ2v) is 3.48. The van der Waals surface area contributed by atoms with Gasteiger partial charge < -0.3 is 5.73 Å². The lowest BCUT2D eigenvalue weighted by Gasteiger charge is -2.06. The summed E-state index contributed by atoms with van der Waals surface area (Å²) in [5, 5.41) is 0. The predicted molar refractivity (Wildman–Crippen MR) is 62.5 cm³/mol. The molecule has 17 heavy (non-hydrogen) atoms. The van der Waals surface area contributed by atoms with Gasteiger partial charge in [-0.15, -0.1) is 0 Å². The quantitative estimate of drug-likeness (QED) is 0.586. The third kappa shape index (κ3) is 1.95. The van der Waals surface area contributed by atoms with Crippen molar-refractivity contribution in [2.45, 2.75) is 0 Å². The average Bonchev–Trinajstić information content (AvgIpc) is 2.35. The largest absolute Gasteiger partial charge is 0.394 e. The molecule has 0 bridgehead atoms. The first-order valence-corrected chi connectivity index (χ1v) is 4.85. The third-order valence-corrected chi connectivity index (χ3v) is 2.41. The maximum absolute atomic E-state index is 13.3. The molecule has 0 saturated carbocycles. The fourth-order valence-corrected chi connectivity index (χ4v) is 1.56. The van der Waals surface area contributed by atoms with Crippen molar-refractivity contribution in [3.05, 3.63) is 59.4 Å². The zero-order valence-electron chi connectivity index (χ0n) is 8.74. The number of halogens is 2. The summed E-state index contributed by atoms with van der Waals surface area (Å²) in [5.41, 5.74) is 5.82. The number of nitrogens with zero attached hydrogens (tertiary/aromatic N) is 1. The highest BCUT2D eigenvalue weighted by Crippen LogP contribution is 2.32. The molecule has 0 aromatic heterocycles. The van der Waals surface area contributed by atoms with E-state index in [0.29, 0.717) is 16.8 Å². The molecule has 0 amide bonds. The Morgan fingerprint density at radius 1 is 1.06 bits per heavy atom. The lowest BCUT2D eigenvalue weighted by molar-refractivity contribution is 0.592. The van der Waals surface area contributed by atoms with Crippen LogP contribution in [0.4, 0.5) is 20.2 Å². The Bertz CT molecular complexity index is 592. The molecule has 0 aliphatic heterocycles. The second-order valence-electron chi connectivity index (χ2n) is 3.48. The summed E-state index contributed by atoms with van der Waals surface area (Å²) in [6, 6.07) is 8.88. The Balaban J connectivity index is 2.66. The molecule has 0 aliphatic rings. The summed E-state index contributed by atoms with van der Waals surface area (Å²) in [4.78, 5) is 3.30. The first-order chi connectivity index (χ1) is 8.13. The van der Waals surface area contributed by atoms with Crippen LogP contribution < -0.4 is 5.73 Å². The van der Waals surface area contributed by atoms with Crippen LogP contribution in [-0.4, -0.2) is 0 Å². The number of nitrogen functional groups attached to an aromatic ring is 1. The first-order valence-electron chi connectivity index (χ1n) is 4.85. The van der Waals surface area contributed by atoms with E-state index in [4.69, 9.17) is 12.3 Å². The summed E-state index contributed by atoms with van der Waals surface area (Å²) < 4.78 is 26.6. The second kappa shape index (κ2) is 4.22. The molecule has 0 radical (unpaired) electrons. The van der Waals surface area contributed by atoms with E-state index in [9.17, 15) is 8.78 Å². The molecule has 4 heteroatoms. The van der Waals surface area contributed by atoms with Gasteiger partial charge in [-0.25, -0.2) is 13.6 Å². The molecule has 0 heterocycles. The van der Waals surface area contributed by atoms with Gasteiger partial charge in [0.05, 0.1) is 6.57 Å². The number of nitrogens with two attached hydrogens (primary N) is 1. The van der Waals surface area contributed by atoms with Crippen molar-refractivity contribution in [2.75, 3.05) is 5.73 Å². The molecule has 0 atom stereocenters. The minimum Gasteiger partial charge on any atom is -0.394 e. The van der Waals surface area contributed by atoms with Gasteiger partial charge in [-0.2, -0.15) is 0 Å². The summed E-state index contributed by atoms with van der Waals surface area (Å²) >= 11 is 0. The Morgan fingerprint density at radius 2 is 1.65 bits per heavy atom. The normalized spacial score (nSPS) is 9.94. The van der Waals surface area contributed by atoms with Gasteiger partial charge in [-0.3, -0.25) is 0 Å². The number of hydrogen-bond acceptors (Lipinski definition) is 1. The van der Waals surface area contributed by atoms with Crippen molar-refractivity contribution in [3.8, 4) is 11.1 Å². The van der Waals surface area contributed by atoms with Crippen molar-refractivity contribution in [2.24, 2.45) is 0 Å². The highest BCUT2D eigenvalue weighted by atomic mass is 19.1. The molecule has 2 nitrogen and oxygen atoms in total. The van der Waals surface area contributed by atoms with Crippen molar-refractivity contribution < 1.29 is 8.78 Å². The monoisotopic (exact) mass is 230 g/mol. The van der Waals surface area contributed by atoms with Crippen LogP contribution >= 0.6 is 0 Å². The maximum Gasteiger partial charge on any atom is 0.194 e. The topological polar surface area (TPSA) is 30.4 Å². The summed E-state index contributed by atoms with van der Waals surface area (Å²) in [6.07, 6.45) is 0. The van der Waals surface area contributed by atoms with Crippen LogP contribution in [0.5, 0.6) is 0 Å². The molecular weight excluding hydrogens is 222 g/mol. The van der Waals surface area contributed by atoms with Gasteiger partial charge in [0.15, 0.2) is 5.69 Å². The van der Waals surface area contributed by atoms with E-state index in [1.807, 2.05) is 0 Å². The Morgan fingerprint density at radius 3 is 2.24 bits per heavy atom. The smallest absolute Gasteiger partial charge is 0.194 e. The third-order valence-electron chi connectivity index (χ3n) is 2.41. The van der Waals surface area contributed by atoms with Gasteiger partial charge in [0.25, 0.3) is 0 Å². The predicted octanol–water partition coefficient (Wildman–Crippen LogP) is 3.76. The molecule has 84 valence electrons. The van der Waals surface area contributed by atoms with Gasteiger partial charge in [-0.1, -0.05) is 24.3 Å². The number of benzene rings is 2. The van der Waals surface area contributed by atoms with Crippen LogP contribution in [-0.2, 0) is 0 Å². The lowest BCUT2D eigenvalue weighted by atomic mass is 10.0. The number of rotatable bonds is 1. The Kier molecular flexibility index (Phi) is 2.75. The van der Waals surface area contributed by atoms with Gasteiger partial charge >= 0.3 is 0 Å². The van der Waals surface area contributed by atoms with Crippen molar-refractivity contribution in [3.63, 3.8) is 0 Å². The molecule has 0 aliphatic carbocycles. The number of hydrogen-bond donors (Lipinski definition) is 1. The van der Waals surface area contributed by atoms with E-state index in [0.717, 1.165) is 12.1 Å². The molecule has 0 spiro atoms. The molecule has 2 N–H and O–H groups in total. The van der Waals surface area contributed by atoms with E-state index < -0.39 is 17.3 Å². The summed E-state index contributed by atoms with van der Waals surface area (Å²) in [7, 11) is 0. The van der Waals surface area contributed by atoms with E-state index >= 15 is 0 Å². The van der Waals surface area contributed by atoms with Crippen molar-refractivity contribution in [1.82, 2.24) is 0 Å².